The van der Waals surface area contributed by atoms with Crippen molar-refractivity contribution in [3.05, 3.63) is 304 Å². The number of nitrogens with zero attached hydrogens (tertiary/aromatic N) is 1. The maximum absolute atomic E-state index is 2.50. The van der Waals surface area contributed by atoms with E-state index < -0.39 is 10.8 Å². The number of fused-ring (bicyclic) bond motifs is 12. The van der Waals surface area contributed by atoms with Crippen LogP contribution in [0.15, 0.2) is 249 Å². The van der Waals surface area contributed by atoms with E-state index in [1.807, 2.05) is 0 Å². The smallest absolute Gasteiger partial charge is 0.0719 e. The summed E-state index contributed by atoms with van der Waals surface area (Å²) >= 11 is 0. The summed E-state index contributed by atoms with van der Waals surface area (Å²) in [6, 6.07) is 93.1. The van der Waals surface area contributed by atoms with Gasteiger partial charge in [-0.1, -0.05) is 232 Å². The van der Waals surface area contributed by atoms with Crippen LogP contribution in [0.4, 0.5) is 17.1 Å². The quantitative estimate of drug-likeness (QED) is 0.161. The van der Waals surface area contributed by atoms with Crippen LogP contribution >= 0.6 is 0 Å². The van der Waals surface area contributed by atoms with Crippen LogP contribution in [-0.4, -0.2) is 0 Å². The van der Waals surface area contributed by atoms with Gasteiger partial charge in [0.05, 0.1) is 16.5 Å². The average molecular weight is 842 g/mol. The maximum Gasteiger partial charge on any atom is 0.0719 e. The van der Waals surface area contributed by atoms with E-state index in [0.717, 1.165) is 17.1 Å². The van der Waals surface area contributed by atoms with Crippen LogP contribution in [0.2, 0.25) is 0 Å². The van der Waals surface area contributed by atoms with Gasteiger partial charge in [-0.25, -0.2) is 0 Å². The van der Waals surface area contributed by atoms with E-state index in [1.54, 1.807) is 0 Å². The zero-order chi connectivity index (χ0) is 44.0. The van der Waals surface area contributed by atoms with Gasteiger partial charge in [-0.3, -0.25) is 0 Å². The molecule has 1 spiro atoms. The van der Waals surface area contributed by atoms with E-state index in [4.69, 9.17) is 0 Å². The molecule has 0 radical (unpaired) electrons. The molecule has 0 saturated heterocycles. The van der Waals surface area contributed by atoms with Crippen LogP contribution in [0.5, 0.6) is 0 Å². The van der Waals surface area contributed by atoms with Gasteiger partial charge >= 0.3 is 0 Å². The van der Waals surface area contributed by atoms with Crippen molar-refractivity contribution in [3.8, 4) is 33.4 Å². The minimum Gasteiger partial charge on any atom is -0.310 e. The highest BCUT2D eigenvalue weighted by Gasteiger charge is 2.54. The molecule has 0 amide bonds. The normalized spacial score (nSPS) is 14.9. The first-order chi connectivity index (χ1) is 32.5. The monoisotopic (exact) mass is 841 g/mol. The second kappa shape index (κ2) is 14.5. The van der Waals surface area contributed by atoms with Crippen molar-refractivity contribution in [2.24, 2.45) is 0 Å². The Morgan fingerprint density at radius 1 is 0.273 bits per heavy atom. The van der Waals surface area contributed by atoms with Gasteiger partial charge in [0.2, 0.25) is 0 Å². The van der Waals surface area contributed by atoms with Gasteiger partial charge in [0.25, 0.3) is 0 Å². The molecule has 3 aliphatic carbocycles. The third kappa shape index (κ3) is 5.11. The van der Waals surface area contributed by atoms with Crippen molar-refractivity contribution in [1.82, 2.24) is 0 Å². The Morgan fingerprint density at radius 3 is 1.29 bits per heavy atom. The molecule has 0 unspecified atom stereocenters. The lowest BCUT2D eigenvalue weighted by atomic mass is 9.54. The SMILES string of the molecule is CC1(C)c2ccccc2C2(c3ccccc3-c3ccccc32)c2cccc(-c3ccccc3N(c3ccccc3)c3ccc4c(c3)C(c3ccccc3)(c3ccccc3)c3ccccc3-4)c21. The molecule has 312 valence electrons. The van der Waals surface area contributed by atoms with E-state index in [1.165, 1.54) is 89.0 Å². The largest absolute Gasteiger partial charge is 0.310 e. The molecule has 13 rings (SSSR count). The first-order valence-corrected chi connectivity index (χ1v) is 23.3. The molecule has 10 aromatic rings. The topological polar surface area (TPSA) is 3.24 Å². The summed E-state index contributed by atoms with van der Waals surface area (Å²) in [5, 5.41) is 0. The van der Waals surface area contributed by atoms with E-state index >= 15 is 0 Å². The van der Waals surface area contributed by atoms with Gasteiger partial charge in [0.15, 0.2) is 0 Å². The highest BCUT2D eigenvalue weighted by Crippen LogP contribution is 2.64. The molecule has 0 saturated carbocycles. The molecule has 0 atom stereocenters. The summed E-state index contributed by atoms with van der Waals surface area (Å²) < 4.78 is 0. The maximum atomic E-state index is 2.50. The highest BCUT2D eigenvalue weighted by atomic mass is 15.1. The van der Waals surface area contributed by atoms with Crippen molar-refractivity contribution >= 4 is 17.1 Å². The lowest BCUT2D eigenvalue weighted by Crippen LogP contribution is -2.41. The molecule has 3 aliphatic rings. The van der Waals surface area contributed by atoms with E-state index in [0.29, 0.717) is 0 Å². The van der Waals surface area contributed by atoms with E-state index in [2.05, 4.69) is 267 Å². The predicted molar refractivity (Wildman–Crippen MR) is 273 cm³/mol. The molecule has 0 bridgehead atoms. The van der Waals surface area contributed by atoms with Gasteiger partial charge in [0.1, 0.15) is 0 Å². The second-order valence-electron chi connectivity index (χ2n) is 18.7. The van der Waals surface area contributed by atoms with Crippen molar-refractivity contribution in [2.75, 3.05) is 4.90 Å². The van der Waals surface area contributed by atoms with Crippen LogP contribution in [-0.2, 0) is 16.2 Å². The van der Waals surface area contributed by atoms with Crippen molar-refractivity contribution < 1.29 is 0 Å². The van der Waals surface area contributed by atoms with Gasteiger partial charge in [0, 0.05) is 22.4 Å². The molecule has 0 N–H and O–H groups in total. The average Bonchev–Trinajstić information content (AvgIpc) is 3.85. The first kappa shape index (κ1) is 38.5. The number of anilines is 3. The summed E-state index contributed by atoms with van der Waals surface area (Å²) in [4.78, 5) is 2.50. The molecule has 0 aromatic heterocycles. The van der Waals surface area contributed by atoms with Crippen LogP contribution in [0.25, 0.3) is 33.4 Å². The second-order valence-corrected chi connectivity index (χ2v) is 18.7. The van der Waals surface area contributed by atoms with Crippen molar-refractivity contribution in [1.29, 1.82) is 0 Å². The van der Waals surface area contributed by atoms with Crippen molar-refractivity contribution in [3.63, 3.8) is 0 Å². The predicted octanol–water partition coefficient (Wildman–Crippen LogP) is 16.2. The van der Waals surface area contributed by atoms with Crippen LogP contribution in [0, 0.1) is 0 Å². The fraction of sp³-hybridized carbons (Fsp3) is 0.0769. The zero-order valence-corrected chi connectivity index (χ0v) is 37.1. The summed E-state index contributed by atoms with van der Waals surface area (Å²) in [6.45, 7) is 4.88. The minimum absolute atomic E-state index is 0.324. The molecular formula is C65H47N. The number of rotatable bonds is 6. The lowest BCUT2D eigenvalue weighted by Gasteiger charge is -2.47. The lowest BCUT2D eigenvalue weighted by molar-refractivity contribution is 0.565. The standard InChI is InChI=1S/C65H47N/c1-63(2)57-37-19-20-38-58(57)65(55-35-17-13-29-48(55)49-30-14-18-36-56(49)65)59-39-22-33-53(62(59)63)52-32-15-21-40-61(52)66(46-27-10-5-11-28-46)47-41-42-51-50-31-12-16-34-54(50)64(60(51)43-47,44-23-6-3-7-24-44)45-25-8-4-9-26-45/h3-43H,1-2H3. The Kier molecular flexibility index (Phi) is 8.45. The molecule has 1 nitrogen and oxygen atoms in total. The third-order valence-corrected chi connectivity index (χ3v) is 15.2. The molecule has 0 heterocycles. The van der Waals surface area contributed by atoms with E-state index in [-0.39, 0.29) is 5.41 Å². The number of benzene rings is 10. The van der Waals surface area contributed by atoms with Gasteiger partial charge in [-0.15, -0.1) is 0 Å². The molecule has 0 aliphatic heterocycles. The number of para-hydroxylation sites is 2. The fourth-order valence-corrected chi connectivity index (χ4v) is 12.7. The van der Waals surface area contributed by atoms with Crippen LogP contribution < -0.4 is 4.90 Å². The Balaban J connectivity index is 1.08. The summed E-state index contributed by atoms with van der Waals surface area (Å²) in [5.41, 5.74) is 22.9. The summed E-state index contributed by atoms with van der Waals surface area (Å²) in [6.07, 6.45) is 0. The van der Waals surface area contributed by atoms with Crippen LogP contribution in [0.1, 0.15) is 69.5 Å². The summed E-state index contributed by atoms with van der Waals surface area (Å²) in [7, 11) is 0. The number of hydrogen-bond donors (Lipinski definition) is 0. The Bertz CT molecular complexity index is 3420. The molecular weight excluding hydrogens is 795 g/mol. The molecule has 10 aromatic carbocycles. The Morgan fingerprint density at radius 2 is 0.697 bits per heavy atom. The Labute approximate surface area is 388 Å². The third-order valence-electron chi connectivity index (χ3n) is 15.2. The van der Waals surface area contributed by atoms with Crippen LogP contribution in [0.3, 0.4) is 0 Å². The van der Waals surface area contributed by atoms with Crippen molar-refractivity contribution in [2.45, 2.75) is 30.1 Å². The van der Waals surface area contributed by atoms with Gasteiger partial charge in [-0.2, -0.15) is 0 Å². The highest BCUT2D eigenvalue weighted by molar-refractivity contribution is 5.95. The van der Waals surface area contributed by atoms with Gasteiger partial charge < -0.3 is 4.90 Å². The first-order valence-electron chi connectivity index (χ1n) is 23.3. The van der Waals surface area contributed by atoms with Gasteiger partial charge in [-0.05, 0) is 114 Å². The minimum atomic E-state index is -0.523. The number of hydrogen-bond acceptors (Lipinski definition) is 1. The zero-order valence-electron chi connectivity index (χ0n) is 37.1. The molecule has 66 heavy (non-hydrogen) atoms. The Hall–Kier alpha value is -8.00. The molecule has 0 fully saturated rings. The van der Waals surface area contributed by atoms with E-state index in [9.17, 15) is 0 Å². The fourth-order valence-electron chi connectivity index (χ4n) is 12.7. The summed E-state index contributed by atoms with van der Waals surface area (Å²) in [5.74, 6) is 0. The molecule has 1 heteroatoms.